The van der Waals surface area contributed by atoms with Crippen molar-refractivity contribution in [3.63, 3.8) is 0 Å². The maximum atomic E-state index is 12.6. The molecule has 0 radical (unpaired) electrons. The molecule has 2 amide bonds. The van der Waals surface area contributed by atoms with Gasteiger partial charge in [0.05, 0.1) is 17.1 Å². The van der Waals surface area contributed by atoms with Crippen LogP contribution in [-0.4, -0.2) is 59.3 Å². The molecule has 1 N–H and O–H groups in total. The Morgan fingerprint density at radius 2 is 1.75 bits per heavy atom. The Kier molecular flexibility index (Phi) is 6.54. The summed E-state index contributed by atoms with van der Waals surface area (Å²) in [5.41, 5.74) is 3.36. The van der Waals surface area contributed by atoms with Gasteiger partial charge in [-0.15, -0.1) is 0 Å². The average Bonchev–Trinajstić information content (AvgIpc) is 2.67. The van der Waals surface area contributed by atoms with Crippen molar-refractivity contribution < 1.29 is 9.59 Å². The molecule has 0 atom stereocenters. The molecular weight excluding hydrogens is 399 g/mol. The quantitative estimate of drug-likeness (QED) is 0.769. The van der Waals surface area contributed by atoms with Gasteiger partial charge in [-0.25, -0.2) is 4.98 Å². The number of benzene rings is 1. The number of nitrogens with one attached hydrogen (secondary N) is 1. The van der Waals surface area contributed by atoms with E-state index in [0.29, 0.717) is 38.3 Å². The largest absolute Gasteiger partial charge is 0.336 e. The number of anilines is 1. The van der Waals surface area contributed by atoms with Gasteiger partial charge in [0.2, 0.25) is 5.91 Å². The summed E-state index contributed by atoms with van der Waals surface area (Å²) >= 11 is 11.8. The molecule has 0 unspecified atom stereocenters. The van der Waals surface area contributed by atoms with E-state index in [4.69, 9.17) is 23.2 Å². The second-order valence-electron chi connectivity index (χ2n) is 6.88. The minimum absolute atomic E-state index is 0.0501. The molecule has 1 fully saturated rings. The lowest BCUT2D eigenvalue weighted by Crippen LogP contribution is -2.50. The first-order valence-corrected chi connectivity index (χ1v) is 9.79. The van der Waals surface area contributed by atoms with Crippen molar-refractivity contribution >= 4 is 40.7 Å². The number of rotatable bonds is 4. The predicted octanol–water partition coefficient (Wildman–Crippen LogP) is 3.40. The van der Waals surface area contributed by atoms with Crippen LogP contribution in [0.1, 0.15) is 21.5 Å². The van der Waals surface area contributed by atoms with Gasteiger partial charge < -0.3 is 10.2 Å². The highest BCUT2D eigenvalue weighted by Gasteiger charge is 2.24. The van der Waals surface area contributed by atoms with E-state index < -0.39 is 0 Å². The van der Waals surface area contributed by atoms with Crippen molar-refractivity contribution in [2.45, 2.75) is 13.8 Å². The maximum Gasteiger partial charge on any atom is 0.255 e. The summed E-state index contributed by atoms with van der Waals surface area (Å²) in [6, 6.07) is 7.46. The first kappa shape index (κ1) is 20.6. The highest BCUT2D eigenvalue weighted by atomic mass is 35.5. The van der Waals surface area contributed by atoms with Gasteiger partial charge in [-0.05, 0) is 31.0 Å². The fraction of sp³-hybridized carbons (Fsp3) is 0.350. The maximum absolute atomic E-state index is 12.6. The SMILES string of the molecule is Cc1cccc(C)c1NC(=O)CN1CCN(C(=O)c2cnc(Cl)c(Cl)c2)CC1. The van der Waals surface area contributed by atoms with Crippen molar-refractivity contribution in [2.75, 3.05) is 38.0 Å². The van der Waals surface area contributed by atoms with E-state index >= 15 is 0 Å². The van der Waals surface area contributed by atoms with Gasteiger partial charge >= 0.3 is 0 Å². The number of nitrogens with zero attached hydrogens (tertiary/aromatic N) is 3. The van der Waals surface area contributed by atoms with Crippen LogP contribution >= 0.6 is 23.2 Å². The van der Waals surface area contributed by atoms with E-state index in [1.165, 1.54) is 12.3 Å². The molecule has 0 spiro atoms. The Labute approximate surface area is 174 Å². The predicted molar refractivity (Wildman–Crippen MR) is 111 cm³/mol. The standard InChI is InChI=1S/C20H22Cl2N4O2/c1-13-4-3-5-14(2)18(13)24-17(27)12-25-6-8-26(9-7-25)20(28)15-10-16(21)19(22)23-11-15/h3-5,10-11H,6-9,12H2,1-2H3,(H,24,27). The topological polar surface area (TPSA) is 65.5 Å². The summed E-state index contributed by atoms with van der Waals surface area (Å²) < 4.78 is 0. The smallest absolute Gasteiger partial charge is 0.255 e. The number of piperazine rings is 1. The molecule has 0 aliphatic carbocycles. The highest BCUT2D eigenvalue weighted by Crippen LogP contribution is 2.21. The summed E-state index contributed by atoms with van der Waals surface area (Å²) in [4.78, 5) is 32.7. The van der Waals surface area contributed by atoms with Gasteiger partial charge in [-0.1, -0.05) is 41.4 Å². The van der Waals surface area contributed by atoms with Crippen LogP contribution in [0.15, 0.2) is 30.5 Å². The van der Waals surface area contributed by atoms with E-state index in [2.05, 4.69) is 10.3 Å². The van der Waals surface area contributed by atoms with Crippen LogP contribution in [0, 0.1) is 13.8 Å². The fourth-order valence-corrected chi connectivity index (χ4v) is 3.49. The number of amides is 2. The van der Waals surface area contributed by atoms with Crippen molar-refractivity contribution in [3.05, 3.63) is 57.3 Å². The number of pyridine rings is 1. The Morgan fingerprint density at radius 1 is 1.11 bits per heavy atom. The molecule has 2 aromatic rings. The molecule has 8 heteroatoms. The summed E-state index contributed by atoms with van der Waals surface area (Å²) in [5, 5.41) is 3.44. The lowest BCUT2D eigenvalue weighted by Gasteiger charge is -2.34. The van der Waals surface area contributed by atoms with E-state index in [9.17, 15) is 9.59 Å². The molecule has 1 aliphatic rings. The number of hydrogen-bond donors (Lipinski definition) is 1. The molecule has 1 aromatic carbocycles. The van der Waals surface area contributed by atoms with E-state index in [1.807, 2.05) is 36.9 Å². The van der Waals surface area contributed by atoms with E-state index in [1.54, 1.807) is 4.90 Å². The number of halogens is 2. The van der Waals surface area contributed by atoms with Crippen LogP contribution in [0.25, 0.3) is 0 Å². The second kappa shape index (κ2) is 8.90. The van der Waals surface area contributed by atoms with Crippen molar-refractivity contribution in [1.29, 1.82) is 0 Å². The van der Waals surface area contributed by atoms with E-state index in [0.717, 1.165) is 16.8 Å². The van der Waals surface area contributed by atoms with Gasteiger partial charge in [0.25, 0.3) is 5.91 Å². The van der Waals surface area contributed by atoms with Gasteiger partial charge in [0, 0.05) is 38.1 Å². The molecule has 1 aliphatic heterocycles. The average molecular weight is 421 g/mol. The molecule has 0 saturated carbocycles. The van der Waals surface area contributed by atoms with Crippen LogP contribution in [-0.2, 0) is 4.79 Å². The molecule has 3 rings (SSSR count). The van der Waals surface area contributed by atoms with E-state index in [-0.39, 0.29) is 22.0 Å². The number of carbonyl (C=O) groups excluding carboxylic acids is 2. The summed E-state index contributed by atoms with van der Waals surface area (Å²) in [7, 11) is 0. The van der Waals surface area contributed by atoms with Crippen LogP contribution in [0.5, 0.6) is 0 Å². The zero-order chi connectivity index (χ0) is 20.3. The van der Waals surface area contributed by atoms with Gasteiger partial charge in [0.15, 0.2) is 0 Å². The van der Waals surface area contributed by atoms with Crippen molar-refractivity contribution in [3.8, 4) is 0 Å². The Balaban J connectivity index is 1.53. The normalized spacial score (nSPS) is 14.8. The third-order valence-corrected chi connectivity index (χ3v) is 5.50. The number of hydrogen-bond acceptors (Lipinski definition) is 4. The van der Waals surface area contributed by atoms with Crippen LogP contribution in [0.2, 0.25) is 10.2 Å². The third kappa shape index (κ3) is 4.82. The zero-order valence-corrected chi connectivity index (χ0v) is 17.3. The number of aromatic nitrogens is 1. The van der Waals surface area contributed by atoms with Crippen LogP contribution in [0.3, 0.4) is 0 Å². The summed E-state index contributed by atoms with van der Waals surface area (Å²) in [5.74, 6) is -0.184. The Morgan fingerprint density at radius 3 is 2.36 bits per heavy atom. The first-order chi connectivity index (χ1) is 13.3. The minimum atomic E-state index is -0.134. The van der Waals surface area contributed by atoms with Crippen LogP contribution < -0.4 is 5.32 Å². The summed E-state index contributed by atoms with van der Waals surface area (Å²) in [6.45, 7) is 6.58. The molecule has 148 valence electrons. The number of carbonyl (C=O) groups is 2. The molecule has 0 bridgehead atoms. The molecule has 1 saturated heterocycles. The van der Waals surface area contributed by atoms with Gasteiger partial charge in [-0.2, -0.15) is 0 Å². The van der Waals surface area contributed by atoms with Crippen molar-refractivity contribution in [1.82, 2.24) is 14.8 Å². The first-order valence-electron chi connectivity index (χ1n) is 9.04. The Bertz CT molecular complexity index is 876. The molecule has 28 heavy (non-hydrogen) atoms. The molecule has 6 nitrogen and oxygen atoms in total. The van der Waals surface area contributed by atoms with Gasteiger partial charge in [-0.3, -0.25) is 14.5 Å². The fourth-order valence-electron chi connectivity index (χ4n) is 3.22. The lowest BCUT2D eigenvalue weighted by molar-refractivity contribution is -0.117. The van der Waals surface area contributed by atoms with Gasteiger partial charge in [0.1, 0.15) is 5.15 Å². The monoisotopic (exact) mass is 420 g/mol. The van der Waals surface area contributed by atoms with Crippen LogP contribution in [0.4, 0.5) is 5.69 Å². The minimum Gasteiger partial charge on any atom is -0.336 e. The zero-order valence-electron chi connectivity index (χ0n) is 15.8. The Hall–Kier alpha value is -2.15. The molecule has 2 heterocycles. The number of para-hydroxylation sites is 1. The van der Waals surface area contributed by atoms with Crippen molar-refractivity contribution in [2.24, 2.45) is 0 Å². The number of aryl methyl sites for hydroxylation is 2. The second-order valence-corrected chi connectivity index (χ2v) is 7.65. The lowest BCUT2D eigenvalue weighted by atomic mass is 10.1. The molecule has 1 aromatic heterocycles. The highest BCUT2D eigenvalue weighted by molar-refractivity contribution is 6.41. The third-order valence-electron chi connectivity index (χ3n) is 4.82. The summed E-state index contributed by atoms with van der Waals surface area (Å²) in [6.07, 6.45) is 1.43. The molecular formula is C20H22Cl2N4O2.